The Kier molecular flexibility index (Phi) is 6.74. The zero-order valence-corrected chi connectivity index (χ0v) is 19.2. The number of ether oxygens (including phenoxy) is 2. The number of H-pyrrole nitrogens is 1. The standard InChI is InChI=1S/C25H29N5O3/c1-25(2,24(31)27-12-11-20-14-26-17-28-20)33-23-21-13-19(16-32-3)9-10-22(21)30(29-23)15-18-7-5-4-6-8-18/h4-10,13-14,17H,11-12,15-16H2,1-3H3,(H,26,28)(H,27,31). The summed E-state index contributed by atoms with van der Waals surface area (Å²) in [5, 5.41) is 8.52. The Bertz CT molecular complexity index is 1200. The van der Waals surface area contributed by atoms with Crippen molar-refractivity contribution < 1.29 is 14.3 Å². The molecule has 33 heavy (non-hydrogen) atoms. The van der Waals surface area contributed by atoms with Gasteiger partial charge in [-0.25, -0.2) is 4.98 Å². The zero-order valence-electron chi connectivity index (χ0n) is 19.2. The van der Waals surface area contributed by atoms with Crippen LogP contribution in [0.15, 0.2) is 61.1 Å². The summed E-state index contributed by atoms with van der Waals surface area (Å²) in [6, 6.07) is 16.2. The Morgan fingerprint density at radius 2 is 1.97 bits per heavy atom. The van der Waals surface area contributed by atoms with E-state index in [2.05, 4.69) is 27.4 Å². The number of hydrogen-bond acceptors (Lipinski definition) is 5. The number of aromatic nitrogens is 4. The van der Waals surface area contributed by atoms with Crippen molar-refractivity contribution in [2.45, 2.75) is 39.0 Å². The third-order valence-corrected chi connectivity index (χ3v) is 5.40. The van der Waals surface area contributed by atoms with E-state index >= 15 is 0 Å². The van der Waals surface area contributed by atoms with E-state index in [9.17, 15) is 4.79 Å². The molecule has 0 fully saturated rings. The van der Waals surface area contributed by atoms with Crippen LogP contribution >= 0.6 is 0 Å². The van der Waals surface area contributed by atoms with E-state index in [1.54, 1.807) is 33.5 Å². The molecule has 0 saturated carbocycles. The molecule has 0 aliphatic heterocycles. The van der Waals surface area contributed by atoms with Gasteiger partial charge in [-0.3, -0.25) is 9.48 Å². The van der Waals surface area contributed by atoms with Crippen LogP contribution in [0.25, 0.3) is 10.9 Å². The van der Waals surface area contributed by atoms with Crippen molar-refractivity contribution in [1.82, 2.24) is 25.1 Å². The van der Waals surface area contributed by atoms with E-state index in [-0.39, 0.29) is 5.91 Å². The third kappa shape index (κ3) is 5.40. The van der Waals surface area contributed by atoms with Crippen molar-refractivity contribution in [3.05, 3.63) is 77.9 Å². The number of rotatable bonds is 10. The van der Waals surface area contributed by atoms with Gasteiger partial charge in [0, 0.05) is 32.0 Å². The molecule has 172 valence electrons. The molecule has 0 bridgehead atoms. The number of nitrogens with zero attached hydrogens (tertiary/aromatic N) is 3. The van der Waals surface area contributed by atoms with Gasteiger partial charge < -0.3 is 19.8 Å². The Balaban J connectivity index is 1.56. The van der Waals surface area contributed by atoms with Crippen molar-refractivity contribution in [2.75, 3.05) is 13.7 Å². The number of fused-ring (bicyclic) bond motifs is 1. The Hall–Kier alpha value is -3.65. The molecule has 0 aliphatic carbocycles. The second kappa shape index (κ2) is 9.87. The van der Waals surface area contributed by atoms with Gasteiger partial charge in [0.25, 0.3) is 5.91 Å². The SMILES string of the molecule is COCc1ccc2c(c1)c(OC(C)(C)C(=O)NCCc1cnc[nH]1)nn2Cc1ccccc1. The molecule has 2 N–H and O–H groups in total. The van der Waals surface area contributed by atoms with Gasteiger partial charge in [0.05, 0.1) is 30.4 Å². The monoisotopic (exact) mass is 447 g/mol. The summed E-state index contributed by atoms with van der Waals surface area (Å²) in [5.74, 6) is 0.216. The molecule has 0 saturated heterocycles. The van der Waals surface area contributed by atoms with E-state index in [1.807, 2.05) is 41.1 Å². The molecule has 2 heterocycles. The maximum atomic E-state index is 12.9. The first-order chi connectivity index (χ1) is 16.0. The number of benzene rings is 2. The van der Waals surface area contributed by atoms with Gasteiger partial charge in [0.2, 0.25) is 5.88 Å². The predicted molar refractivity (Wildman–Crippen MR) is 126 cm³/mol. The third-order valence-electron chi connectivity index (χ3n) is 5.40. The first-order valence-electron chi connectivity index (χ1n) is 10.9. The molecule has 8 nitrogen and oxygen atoms in total. The van der Waals surface area contributed by atoms with E-state index in [0.717, 1.165) is 27.7 Å². The molecule has 0 aliphatic rings. The minimum Gasteiger partial charge on any atom is -0.460 e. The molecule has 2 aromatic carbocycles. The van der Waals surface area contributed by atoms with Gasteiger partial charge in [0.1, 0.15) is 0 Å². The number of nitrogens with one attached hydrogen (secondary N) is 2. The lowest BCUT2D eigenvalue weighted by molar-refractivity contribution is -0.134. The smallest absolute Gasteiger partial charge is 0.263 e. The highest BCUT2D eigenvalue weighted by Gasteiger charge is 2.31. The summed E-state index contributed by atoms with van der Waals surface area (Å²) in [6.07, 6.45) is 4.03. The van der Waals surface area contributed by atoms with Crippen LogP contribution in [-0.2, 0) is 29.1 Å². The van der Waals surface area contributed by atoms with Crippen LogP contribution in [0.4, 0.5) is 0 Å². The minimum atomic E-state index is -1.11. The molecule has 8 heteroatoms. The quantitative estimate of drug-likeness (QED) is 0.388. The van der Waals surface area contributed by atoms with Crippen LogP contribution in [0.1, 0.15) is 30.7 Å². The number of hydrogen-bond donors (Lipinski definition) is 2. The topological polar surface area (TPSA) is 94.1 Å². The number of carbonyl (C=O) groups excluding carboxylic acids is 1. The van der Waals surface area contributed by atoms with Crippen LogP contribution in [-0.4, -0.2) is 44.9 Å². The van der Waals surface area contributed by atoms with Gasteiger partial charge >= 0.3 is 0 Å². The molecule has 0 atom stereocenters. The summed E-state index contributed by atoms with van der Waals surface area (Å²) in [5.41, 5.74) is 2.93. The first kappa shape index (κ1) is 22.5. The van der Waals surface area contributed by atoms with Crippen LogP contribution in [0.3, 0.4) is 0 Å². The van der Waals surface area contributed by atoms with E-state index in [1.165, 1.54) is 0 Å². The first-order valence-corrected chi connectivity index (χ1v) is 10.9. The molecular weight excluding hydrogens is 418 g/mol. The fraction of sp³-hybridized carbons (Fsp3) is 0.320. The summed E-state index contributed by atoms with van der Waals surface area (Å²) < 4.78 is 13.4. The molecule has 0 spiro atoms. The number of carbonyl (C=O) groups is 1. The van der Waals surface area contributed by atoms with Gasteiger partial charge in [-0.15, -0.1) is 5.10 Å². The largest absolute Gasteiger partial charge is 0.460 e. The number of amides is 1. The number of imidazole rings is 1. The molecule has 1 amide bonds. The lowest BCUT2D eigenvalue weighted by Crippen LogP contribution is -2.47. The maximum Gasteiger partial charge on any atom is 0.263 e. The number of aromatic amines is 1. The lowest BCUT2D eigenvalue weighted by Gasteiger charge is -2.24. The summed E-state index contributed by atoms with van der Waals surface area (Å²) in [4.78, 5) is 19.9. The average molecular weight is 448 g/mol. The molecular formula is C25H29N5O3. The molecule has 4 rings (SSSR count). The summed E-state index contributed by atoms with van der Waals surface area (Å²) in [6.45, 7) is 5.06. The zero-order chi connectivity index (χ0) is 23.3. The van der Waals surface area contributed by atoms with Gasteiger partial charge in [-0.05, 0) is 37.1 Å². The number of methoxy groups -OCH3 is 1. The molecule has 2 aromatic heterocycles. The molecule has 0 radical (unpaired) electrons. The van der Waals surface area contributed by atoms with Crippen molar-refractivity contribution in [1.29, 1.82) is 0 Å². The molecule has 4 aromatic rings. The highest BCUT2D eigenvalue weighted by atomic mass is 16.5. The van der Waals surface area contributed by atoms with Gasteiger partial charge in [-0.2, -0.15) is 0 Å². The van der Waals surface area contributed by atoms with Crippen molar-refractivity contribution >= 4 is 16.8 Å². The Labute approximate surface area is 192 Å². The normalized spacial score (nSPS) is 11.6. The van der Waals surface area contributed by atoms with Crippen molar-refractivity contribution in [3.8, 4) is 5.88 Å². The average Bonchev–Trinajstić information content (AvgIpc) is 3.43. The maximum absolute atomic E-state index is 12.9. The van der Waals surface area contributed by atoms with Crippen molar-refractivity contribution in [2.24, 2.45) is 0 Å². The lowest BCUT2D eigenvalue weighted by atomic mass is 10.1. The Morgan fingerprint density at radius 3 is 2.70 bits per heavy atom. The van der Waals surface area contributed by atoms with Gasteiger partial charge in [0.15, 0.2) is 5.60 Å². The van der Waals surface area contributed by atoms with E-state index < -0.39 is 5.60 Å². The van der Waals surface area contributed by atoms with Crippen molar-refractivity contribution in [3.63, 3.8) is 0 Å². The highest BCUT2D eigenvalue weighted by molar-refractivity contribution is 5.88. The predicted octanol–water partition coefficient (Wildman–Crippen LogP) is 3.47. The second-order valence-corrected chi connectivity index (χ2v) is 8.43. The van der Waals surface area contributed by atoms with Gasteiger partial charge in [-0.1, -0.05) is 36.4 Å². The van der Waals surface area contributed by atoms with E-state index in [0.29, 0.717) is 32.0 Å². The van der Waals surface area contributed by atoms with Crippen LogP contribution in [0.2, 0.25) is 0 Å². The van der Waals surface area contributed by atoms with Crippen LogP contribution in [0, 0.1) is 0 Å². The highest BCUT2D eigenvalue weighted by Crippen LogP contribution is 2.30. The molecule has 0 unspecified atom stereocenters. The fourth-order valence-corrected chi connectivity index (χ4v) is 3.64. The van der Waals surface area contributed by atoms with Crippen LogP contribution < -0.4 is 10.1 Å². The Morgan fingerprint density at radius 1 is 1.15 bits per heavy atom. The summed E-state index contributed by atoms with van der Waals surface area (Å²) >= 11 is 0. The summed E-state index contributed by atoms with van der Waals surface area (Å²) in [7, 11) is 1.66. The fourth-order valence-electron chi connectivity index (χ4n) is 3.64. The second-order valence-electron chi connectivity index (χ2n) is 8.43. The van der Waals surface area contributed by atoms with Crippen LogP contribution in [0.5, 0.6) is 5.88 Å². The van der Waals surface area contributed by atoms with E-state index in [4.69, 9.17) is 14.6 Å². The minimum absolute atomic E-state index is 0.208.